The number of hydrogen-bond acceptors (Lipinski definition) is 3. The summed E-state index contributed by atoms with van der Waals surface area (Å²) in [7, 11) is 0. The Morgan fingerprint density at radius 2 is 2.00 bits per heavy atom. The van der Waals surface area contributed by atoms with Crippen LogP contribution in [0.3, 0.4) is 0 Å². The summed E-state index contributed by atoms with van der Waals surface area (Å²) < 4.78 is 13.8. The second-order valence-corrected chi connectivity index (χ2v) is 5.50. The normalized spacial score (nSPS) is 16.1. The number of nitrogens with two attached hydrogens (primary N) is 2. The molecule has 0 spiro atoms. The summed E-state index contributed by atoms with van der Waals surface area (Å²) in [6.45, 7) is 0.698. The van der Waals surface area contributed by atoms with Crippen LogP contribution in [0.25, 0.3) is 0 Å². The first-order valence-corrected chi connectivity index (χ1v) is 7.20. The van der Waals surface area contributed by atoms with E-state index in [9.17, 15) is 9.18 Å². The zero-order valence-electron chi connectivity index (χ0n) is 11.6. The van der Waals surface area contributed by atoms with Crippen molar-refractivity contribution in [2.45, 2.75) is 38.5 Å². The molecule has 1 aliphatic carbocycles. The molecular formula is C15H22FN3O. The SMILES string of the molecule is NC(=O)c1cc(NCCC2CCCCC2)c(F)cc1N. The van der Waals surface area contributed by atoms with Gasteiger partial charge in [-0.2, -0.15) is 0 Å². The van der Waals surface area contributed by atoms with Gasteiger partial charge in [0, 0.05) is 12.2 Å². The van der Waals surface area contributed by atoms with Crippen LogP contribution in [-0.4, -0.2) is 12.5 Å². The molecule has 110 valence electrons. The summed E-state index contributed by atoms with van der Waals surface area (Å²) in [6.07, 6.45) is 7.48. The van der Waals surface area contributed by atoms with Gasteiger partial charge in [-0.15, -0.1) is 0 Å². The Labute approximate surface area is 118 Å². The van der Waals surface area contributed by atoms with Crippen molar-refractivity contribution in [3.05, 3.63) is 23.5 Å². The fourth-order valence-corrected chi connectivity index (χ4v) is 2.82. The third-order valence-electron chi connectivity index (χ3n) is 4.00. The first-order chi connectivity index (χ1) is 9.58. The molecule has 1 aromatic rings. The van der Waals surface area contributed by atoms with Crippen LogP contribution in [0.5, 0.6) is 0 Å². The number of rotatable bonds is 5. The van der Waals surface area contributed by atoms with Crippen molar-refractivity contribution in [1.29, 1.82) is 0 Å². The van der Waals surface area contributed by atoms with Crippen molar-refractivity contribution in [1.82, 2.24) is 0 Å². The minimum atomic E-state index is -0.641. The molecule has 4 nitrogen and oxygen atoms in total. The predicted molar refractivity (Wildman–Crippen MR) is 79.0 cm³/mol. The number of halogens is 1. The van der Waals surface area contributed by atoms with Gasteiger partial charge >= 0.3 is 0 Å². The molecule has 1 fully saturated rings. The van der Waals surface area contributed by atoms with Crippen molar-refractivity contribution in [3.8, 4) is 0 Å². The van der Waals surface area contributed by atoms with Crippen molar-refractivity contribution < 1.29 is 9.18 Å². The largest absolute Gasteiger partial charge is 0.398 e. The van der Waals surface area contributed by atoms with Crippen LogP contribution in [0.4, 0.5) is 15.8 Å². The maximum atomic E-state index is 13.8. The Morgan fingerprint density at radius 3 is 2.65 bits per heavy atom. The number of carbonyl (C=O) groups is 1. The first-order valence-electron chi connectivity index (χ1n) is 7.20. The number of nitrogen functional groups attached to an aromatic ring is 1. The van der Waals surface area contributed by atoms with Gasteiger partial charge in [0.1, 0.15) is 5.82 Å². The smallest absolute Gasteiger partial charge is 0.250 e. The first kappa shape index (κ1) is 14.6. The van der Waals surface area contributed by atoms with Crippen molar-refractivity contribution in [3.63, 3.8) is 0 Å². The quantitative estimate of drug-likeness (QED) is 0.725. The molecule has 0 unspecified atom stereocenters. The Bertz CT molecular complexity index is 484. The summed E-state index contributed by atoms with van der Waals surface area (Å²) in [5.74, 6) is -0.363. The molecule has 20 heavy (non-hydrogen) atoms. The molecule has 0 atom stereocenters. The number of primary amides is 1. The molecule has 1 saturated carbocycles. The van der Waals surface area contributed by atoms with Gasteiger partial charge in [-0.3, -0.25) is 4.79 Å². The van der Waals surface area contributed by atoms with Crippen molar-refractivity contribution in [2.24, 2.45) is 11.7 Å². The molecule has 0 radical (unpaired) electrons. The topological polar surface area (TPSA) is 81.1 Å². The van der Waals surface area contributed by atoms with E-state index in [1.807, 2.05) is 0 Å². The number of amides is 1. The van der Waals surface area contributed by atoms with Gasteiger partial charge < -0.3 is 16.8 Å². The van der Waals surface area contributed by atoms with Crippen LogP contribution < -0.4 is 16.8 Å². The van der Waals surface area contributed by atoms with Crippen LogP contribution in [0.2, 0.25) is 0 Å². The number of benzene rings is 1. The fourth-order valence-electron chi connectivity index (χ4n) is 2.82. The number of hydrogen-bond donors (Lipinski definition) is 3. The summed E-state index contributed by atoms with van der Waals surface area (Å²) in [5.41, 5.74) is 11.3. The van der Waals surface area contributed by atoms with Gasteiger partial charge in [-0.05, 0) is 24.5 Å². The van der Waals surface area contributed by atoms with Crippen molar-refractivity contribution >= 4 is 17.3 Å². The third-order valence-corrected chi connectivity index (χ3v) is 4.00. The molecule has 0 heterocycles. The molecule has 5 heteroatoms. The van der Waals surface area contributed by atoms with E-state index in [2.05, 4.69) is 5.32 Å². The lowest BCUT2D eigenvalue weighted by Crippen LogP contribution is -2.16. The Kier molecular flexibility index (Phi) is 4.82. The van der Waals surface area contributed by atoms with E-state index in [4.69, 9.17) is 11.5 Å². The average molecular weight is 279 g/mol. The van der Waals surface area contributed by atoms with Crippen LogP contribution in [0, 0.1) is 11.7 Å². The maximum absolute atomic E-state index is 13.8. The zero-order chi connectivity index (χ0) is 14.5. The van der Waals surface area contributed by atoms with E-state index in [0.717, 1.165) is 18.4 Å². The number of carbonyl (C=O) groups excluding carboxylic acids is 1. The van der Waals surface area contributed by atoms with Crippen molar-refractivity contribution in [2.75, 3.05) is 17.6 Å². The number of anilines is 2. The minimum Gasteiger partial charge on any atom is -0.398 e. The average Bonchev–Trinajstić information content (AvgIpc) is 2.42. The monoisotopic (exact) mass is 279 g/mol. The minimum absolute atomic E-state index is 0.0767. The lowest BCUT2D eigenvalue weighted by Gasteiger charge is -2.21. The van der Waals surface area contributed by atoms with Gasteiger partial charge in [0.15, 0.2) is 0 Å². The highest BCUT2D eigenvalue weighted by molar-refractivity contribution is 5.99. The molecule has 2 rings (SSSR count). The Balaban J connectivity index is 1.94. The molecular weight excluding hydrogens is 257 g/mol. The van der Waals surface area contributed by atoms with Crippen LogP contribution in [0.15, 0.2) is 12.1 Å². The molecule has 5 N–H and O–H groups in total. The lowest BCUT2D eigenvalue weighted by molar-refractivity contribution is 0.100. The summed E-state index contributed by atoms with van der Waals surface area (Å²) >= 11 is 0. The van der Waals surface area contributed by atoms with E-state index < -0.39 is 11.7 Å². The number of nitrogens with one attached hydrogen (secondary N) is 1. The van der Waals surface area contributed by atoms with E-state index in [1.54, 1.807) is 0 Å². The second-order valence-electron chi connectivity index (χ2n) is 5.50. The Hall–Kier alpha value is -1.78. The van der Waals surface area contributed by atoms with Gasteiger partial charge in [0.25, 0.3) is 5.91 Å². The van der Waals surface area contributed by atoms with Gasteiger partial charge in [-0.1, -0.05) is 32.1 Å². The third kappa shape index (κ3) is 3.62. The van der Waals surface area contributed by atoms with Crippen LogP contribution in [0.1, 0.15) is 48.9 Å². The van der Waals surface area contributed by atoms with Gasteiger partial charge in [0.05, 0.1) is 11.3 Å². The fraction of sp³-hybridized carbons (Fsp3) is 0.533. The molecule has 0 saturated heterocycles. The van der Waals surface area contributed by atoms with E-state index in [0.29, 0.717) is 12.2 Å². The Morgan fingerprint density at radius 1 is 1.30 bits per heavy atom. The highest BCUT2D eigenvalue weighted by Crippen LogP contribution is 2.27. The highest BCUT2D eigenvalue weighted by Gasteiger charge is 2.14. The highest BCUT2D eigenvalue weighted by atomic mass is 19.1. The predicted octanol–water partition coefficient (Wildman–Crippen LogP) is 2.89. The summed E-state index contributed by atoms with van der Waals surface area (Å²) in [6, 6.07) is 2.54. The maximum Gasteiger partial charge on any atom is 0.250 e. The van der Waals surface area contributed by atoms with E-state index in [1.165, 1.54) is 38.2 Å². The molecule has 0 aromatic heterocycles. The zero-order valence-corrected chi connectivity index (χ0v) is 11.6. The van der Waals surface area contributed by atoms with Gasteiger partial charge in [-0.25, -0.2) is 4.39 Å². The second kappa shape index (κ2) is 6.59. The molecule has 1 aromatic carbocycles. The van der Waals surface area contributed by atoms with Crippen LogP contribution in [-0.2, 0) is 0 Å². The summed E-state index contributed by atoms with van der Waals surface area (Å²) in [5, 5.41) is 3.04. The molecule has 0 aliphatic heterocycles. The van der Waals surface area contributed by atoms with Gasteiger partial charge in [0.2, 0.25) is 0 Å². The summed E-state index contributed by atoms with van der Waals surface area (Å²) in [4.78, 5) is 11.2. The molecule has 1 aliphatic rings. The molecule has 1 amide bonds. The van der Waals surface area contributed by atoms with E-state index in [-0.39, 0.29) is 11.3 Å². The van der Waals surface area contributed by atoms with E-state index >= 15 is 0 Å². The van der Waals surface area contributed by atoms with Crippen LogP contribution >= 0.6 is 0 Å². The lowest BCUT2D eigenvalue weighted by atomic mass is 9.87. The standard InChI is InChI=1S/C15H22FN3O/c16-12-9-13(17)11(15(18)20)8-14(12)19-7-6-10-4-2-1-3-5-10/h8-10,19H,1-7,17H2,(H2,18,20). The molecule has 0 bridgehead atoms.